The minimum absolute atomic E-state index is 0.108. The molecule has 0 aliphatic heterocycles. The molecule has 3 rings (SSSR count). The predicted octanol–water partition coefficient (Wildman–Crippen LogP) is 2.04. The van der Waals surface area contributed by atoms with Gasteiger partial charge in [0.25, 0.3) is 0 Å². The zero-order chi connectivity index (χ0) is 16.4. The molecule has 0 amide bonds. The van der Waals surface area contributed by atoms with Gasteiger partial charge in [-0.05, 0) is 11.8 Å². The summed E-state index contributed by atoms with van der Waals surface area (Å²) in [5.74, 6) is 1.80. The van der Waals surface area contributed by atoms with E-state index in [9.17, 15) is 5.11 Å². The van der Waals surface area contributed by atoms with Gasteiger partial charge in [-0.1, -0.05) is 20.8 Å². The molecule has 122 valence electrons. The summed E-state index contributed by atoms with van der Waals surface area (Å²) in [6, 6.07) is 1.96. The number of hydrogen-bond acceptors (Lipinski definition) is 6. The number of anilines is 2. The van der Waals surface area contributed by atoms with E-state index in [0.717, 1.165) is 11.2 Å². The Hall–Kier alpha value is -2.48. The fraction of sp³-hybridized carbons (Fsp3) is 0.467. The van der Waals surface area contributed by atoms with Gasteiger partial charge in [0.15, 0.2) is 17.3 Å². The summed E-state index contributed by atoms with van der Waals surface area (Å²) < 4.78 is 1.76. The van der Waals surface area contributed by atoms with E-state index in [-0.39, 0.29) is 12.5 Å². The van der Waals surface area contributed by atoms with Gasteiger partial charge in [-0.15, -0.1) is 0 Å². The number of nitrogens with zero attached hydrogens (tertiary/aromatic N) is 5. The maximum Gasteiger partial charge on any atom is 0.178 e. The van der Waals surface area contributed by atoms with E-state index in [1.165, 1.54) is 0 Å². The van der Waals surface area contributed by atoms with E-state index < -0.39 is 0 Å². The van der Waals surface area contributed by atoms with Crippen LogP contribution in [0.3, 0.4) is 0 Å². The monoisotopic (exact) mass is 315 g/mol. The van der Waals surface area contributed by atoms with Gasteiger partial charge < -0.3 is 10.4 Å². The number of aliphatic hydroxyl groups excluding tert-OH is 1. The number of H-pyrrole nitrogens is 1. The SMILES string of the molecule is CC(C)c1cc(Nc2cnc3cnn(C[C@H](C)CO)c3n2)n[nH]1. The second-order valence-corrected chi connectivity index (χ2v) is 6.07. The third-order valence-electron chi connectivity index (χ3n) is 3.62. The molecule has 8 heteroatoms. The molecular formula is C15H21N7O. The van der Waals surface area contributed by atoms with E-state index in [2.05, 4.69) is 44.4 Å². The lowest BCUT2D eigenvalue weighted by molar-refractivity contribution is 0.220. The van der Waals surface area contributed by atoms with Crippen LogP contribution in [0.4, 0.5) is 11.6 Å². The van der Waals surface area contributed by atoms with Crippen LogP contribution in [0.25, 0.3) is 11.2 Å². The Balaban J connectivity index is 1.84. The van der Waals surface area contributed by atoms with Crippen molar-refractivity contribution in [1.82, 2.24) is 29.9 Å². The predicted molar refractivity (Wildman–Crippen MR) is 87.5 cm³/mol. The molecular weight excluding hydrogens is 294 g/mol. The summed E-state index contributed by atoms with van der Waals surface area (Å²) in [6.07, 6.45) is 3.34. The van der Waals surface area contributed by atoms with E-state index in [0.29, 0.717) is 29.7 Å². The molecule has 0 unspecified atom stereocenters. The first kappa shape index (κ1) is 15.4. The number of nitrogens with one attached hydrogen (secondary N) is 2. The molecule has 3 heterocycles. The Morgan fingerprint density at radius 2 is 2.09 bits per heavy atom. The Labute approximate surface area is 134 Å². The highest BCUT2D eigenvalue weighted by Gasteiger charge is 2.11. The van der Waals surface area contributed by atoms with Crippen molar-refractivity contribution in [2.24, 2.45) is 5.92 Å². The van der Waals surface area contributed by atoms with Gasteiger partial charge in [-0.3, -0.25) is 5.10 Å². The van der Waals surface area contributed by atoms with Crippen LogP contribution < -0.4 is 5.32 Å². The smallest absolute Gasteiger partial charge is 0.178 e. The van der Waals surface area contributed by atoms with Crippen LogP contribution in [0.15, 0.2) is 18.5 Å². The van der Waals surface area contributed by atoms with Crippen molar-refractivity contribution < 1.29 is 5.11 Å². The standard InChI is InChI=1S/C15H21N7O/c1-9(2)11-4-13(21-20-11)18-14-6-16-12-5-17-22(15(12)19-14)7-10(3)8-23/h4-6,9-10,23H,7-8H2,1-3H3,(H2,18,19,20,21)/t10-/m0/s1. The summed E-state index contributed by atoms with van der Waals surface area (Å²) in [7, 11) is 0. The lowest BCUT2D eigenvalue weighted by Crippen LogP contribution is -2.12. The summed E-state index contributed by atoms with van der Waals surface area (Å²) in [6.45, 7) is 6.87. The largest absolute Gasteiger partial charge is 0.396 e. The molecule has 0 aliphatic carbocycles. The molecule has 0 bridgehead atoms. The molecule has 0 aliphatic rings. The zero-order valence-electron chi connectivity index (χ0n) is 13.5. The molecule has 0 saturated carbocycles. The van der Waals surface area contributed by atoms with Crippen LogP contribution in [0, 0.1) is 5.92 Å². The Morgan fingerprint density at radius 1 is 1.26 bits per heavy atom. The van der Waals surface area contributed by atoms with Gasteiger partial charge in [-0.25, -0.2) is 14.6 Å². The Kier molecular flexibility index (Phi) is 4.24. The highest BCUT2D eigenvalue weighted by Crippen LogP contribution is 2.19. The second kappa shape index (κ2) is 6.33. The molecule has 0 fully saturated rings. The zero-order valence-corrected chi connectivity index (χ0v) is 13.5. The van der Waals surface area contributed by atoms with E-state index >= 15 is 0 Å². The minimum atomic E-state index is 0.108. The molecule has 3 N–H and O–H groups in total. The molecule has 8 nitrogen and oxygen atoms in total. The maximum absolute atomic E-state index is 9.20. The first-order valence-electron chi connectivity index (χ1n) is 7.68. The van der Waals surface area contributed by atoms with Crippen molar-refractivity contribution in [3.8, 4) is 0 Å². The minimum Gasteiger partial charge on any atom is -0.396 e. The average molecular weight is 315 g/mol. The van der Waals surface area contributed by atoms with Gasteiger partial charge in [-0.2, -0.15) is 10.2 Å². The Bertz CT molecular complexity index is 792. The lowest BCUT2D eigenvalue weighted by Gasteiger charge is -2.08. The third-order valence-corrected chi connectivity index (χ3v) is 3.62. The van der Waals surface area contributed by atoms with Gasteiger partial charge >= 0.3 is 0 Å². The fourth-order valence-corrected chi connectivity index (χ4v) is 2.22. The highest BCUT2D eigenvalue weighted by atomic mass is 16.3. The normalized spacial score (nSPS) is 12.9. The summed E-state index contributed by atoms with van der Waals surface area (Å²) in [5, 5.41) is 23.9. The fourth-order valence-electron chi connectivity index (χ4n) is 2.22. The molecule has 0 radical (unpaired) electrons. The highest BCUT2D eigenvalue weighted by molar-refractivity contribution is 5.71. The van der Waals surface area contributed by atoms with Crippen molar-refractivity contribution >= 4 is 22.8 Å². The van der Waals surface area contributed by atoms with E-state index in [1.54, 1.807) is 17.1 Å². The summed E-state index contributed by atoms with van der Waals surface area (Å²) in [5.41, 5.74) is 2.48. The van der Waals surface area contributed by atoms with Gasteiger partial charge in [0.05, 0.1) is 12.4 Å². The van der Waals surface area contributed by atoms with Crippen molar-refractivity contribution in [2.75, 3.05) is 11.9 Å². The van der Waals surface area contributed by atoms with E-state index in [4.69, 9.17) is 0 Å². The molecule has 1 atom stereocenters. The average Bonchev–Trinajstić information content (AvgIpc) is 3.15. The number of hydrogen-bond donors (Lipinski definition) is 3. The van der Waals surface area contributed by atoms with Crippen LogP contribution >= 0.6 is 0 Å². The third kappa shape index (κ3) is 3.31. The number of rotatable bonds is 6. The molecule has 23 heavy (non-hydrogen) atoms. The van der Waals surface area contributed by atoms with Crippen LogP contribution in [0.2, 0.25) is 0 Å². The molecule has 3 aromatic rings. The summed E-state index contributed by atoms with van der Waals surface area (Å²) >= 11 is 0. The quantitative estimate of drug-likeness (QED) is 0.643. The van der Waals surface area contributed by atoms with Crippen LogP contribution in [0.1, 0.15) is 32.4 Å². The first-order valence-corrected chi connectivity index (χ1v) is 7.68. The van der Waals surface area contributed by atoms with Crippen LogP contribution in [-0.2, 0) is 6.54 Å². The van der Waals surface area contributed by atoms with E-state index in [1.807, 2.05) is 13.0 Å². The van der Waals surface area contributed by atoms with Crippen LogP contribution in [-0.4, -0.2) is 41.7 Å². The van der Waals surface area contributed by atoms with Crippen molar-refractivity contribution in [3.63, 3.8) is 0 Å². The van der Waals surface area contributed by atoms with Crippen molar-refractivity contribution in [2.45, 2.75) is 33.2 Å². The number of fused-ring (bicyclic) bond motifs is 1. The number of aromatic amines is 1. The molecule has 3 aromatic heterocycles. The van der Waals surface area contributed by atoms with Crippen LogP contribution in [0.5, 0.6) is 0 Å². The maximum atomic E-state index is 9.20. The van der Waals surface area contributed by atoms with Crippen molar-refractivity contribution in [3.05, 3.63) is 24.2 Å². The molecule has 0 saturated heterocycles. The number of aliphatic hydroxyl groups is 1. The Morgan fingerprint density at radius 3 is 2.78 bits per heavy atom. The first-order chi connectivity index (χ1) is 11.1. The second-order valence-electron chi connectivity index (χ2n) is 6.07. The van der Waals surface area contributed by atoms with Gasteiger partial charge in [0.1, 0.15) is 5.52 Å². The lowest BCUT2D eigenvalue weighted by atomic mass is 10.1. The van der Waals surface area contributed by atoms with Gasteiger partial charge in [0, 0.05) is 24.9 Å². The van der Waals surface area contributed by atoms with Gasteiger partial charge in [0.2, 0.25) is 0 Å². The van der Waals surface area contributed by atoms with Crippen molar-refractivity contribution in [1.29, 1.82) is 0 Å². The topological polar surface area (TPSA) is 105 Å². The summed E-state index contributed by atoms with van der Waals surface area (Å²) in [4.78, 5) is 8.93. The molecule has 0 spiro atoms. The molecule has 0 aromatic carbocycles. The number of aromatic nitrogens is 6.